The molecular formula is C15H22ClN. The molecule has 0 amide bonds. The third-order valence-corrected chi connectivity index (χ3v) is 4.17. The fourth-order valence-corrected chi connectivity index (χ4v) is 3.15. The average Bonchev–Trinajstić information content (AvgIpc) is 2.58. The predicted octanol–water partition coefficient (Wildman–Crippen LogP) is 4.57. The Morgan fingerprint density at radius 1 is 1.35 bits per heavy atom. The average molecular weight is 252 g/mol. The van der Waals surface area contributed by atoms with Crippen molar-refractivity contribution >= 4 is 11.6 Å². The molecule has 0 saturated heterocycles. The van der Waals surface area contributed by atoms with E-state index in [-0.39, 0.29) is 0 Å². The van der Waals surface area contributed by atoms with Crippen LogP contribution < -0.4 is 5.32 Å². The lowest BCUT2D eigenvalue weighted by atomic mass is 9.91. The second-order valence-corrected chi connectivity index (χ2v) is 6.42. The van der Waals surface area contributed by atoms with Crippen LogP contribution in [0.25, 0.3) is 0 Å². The number of halogens is 1. The van der Waals surface area contributed by atoms with Crippen LogP contribution in [0.1, 0.15) is 51.6 Å². The van der Waals surface area contributed by atoms with E-state index in [1.807, 2.05) is 12.1 Å². The van der Waals surface area contributed by atoms with Crippen LogP contribution in [0.2, 0.25) is 5.02 Å². The SMILES string of the molecule is C[C@H](NC1CCC(C)(C)C1)c1ccccc1Cl. The molecule has 17 heavy (non-hydrogen) atoms. The molecular weight excluding hydrogens is 230 g/mol. The van der Waals surface area contributed by atoms with Gasteiger partial charge in [0, 0.05) is 17.1 Å². The molecule has 94 valence electrons. The Balaban J connectivity index is 1.99. The molecule has 1 saturated carbocycles. The molecule has 1 N–H and O–H groups in total. The van der Waals surface area contributed by atoms with Crippen LogP contribution in [-0.2, 0) is 0 Å². The Kier molecular flexibility index (Phi) is 3.79. The monoisotopic (exact) mass is 251 g/mol. The van der Waals surface area contributed by atoms with Crippen LogP contribution in [0, 0.1) is 5.41 Å². The van der Waals surface area contributed by atoms with Crippen LogP contribution in [0.5, 0.6) is 0 Å². The predicted molar refractivity (Wildman–Crippen MR) is 74.4 cm³/mol. The van der Waals surface area contributed by atoms with Gasteiger partial charge in [0.1, 0.15) is 0 Å². The maximum absolute atomic E-state index is 6.22. The molecule has 1 aliphatic carbocycles. The summed E-state index contributed by atoms with van der Waals surface area (Å²) < 4.78 is 0. The standard InChI is InChI=1S/C15H22ClN/c1-11(13-6-4-5-7-14(13)16)17-12-8-9-15(2,3)10-12/h4-7,11-12,17H,8-10H2,1-3H3/t11-,12?/m0/s1. The van der Waals surface area contributed by atoms with Crippen molar-refractivity contribution in [2.45, 2.75) is 52.1 Å². The van der Waals surface area contributed by atoms with E-state index in [0.717, 1.165) is 5.02 Å². The third kappa shape index (κ3) is 3.23. The fourth-order valence-electron chi connectivity index (χ4n) is 2.85. The van der Waals surface area contributed by atoms with Gasteiger partial charge < -0.3 is 5.32 Å². The van der Waals surface area contributed by atoms with Gasteiger partial charge in [-0.05, 0) is 43.2 Å². The van der Waals surface area contributed by atoms with E-state index in [9.17, 15) is 0 Å². The highest BCUT2D eigenvalue weighted by Gasteiger charge is 2.31. The van der Waals surface area contributed by atoms with Crippen molar-refractivity contribution in [3.8, 4) is 0 Å². The smallest absolute Gasteiger partial charge is 0.0453 e. The minimum absolute atomic E-state index is 0.336. The second-order valence-electron chi connectivity index (χ2n) is 6.01. The van der Waals surface area contributed by atoms with Crippen molar-refractivity contribution in [1.82, 2.24) is 5.32 Å². The highest BCUT2D eigenvalue weighted by Crippen LogP contribution is 2.38. The molecule has 0 heterocycles. The van der Waals surface area contributed by atoms with Gasteiger partial charge >= 0.3 is 0 Å². The van der Waals surface area contributed by atoms with Gasteiger partial charge in [-0.1, -0.05) is 43.6 Å². The number of benzene rings is 1. The van der Waals surface area contributed by atoms with E-state index in [2.05, 4.69) is 38.2 Å². The molecule has 0 spiro atoms. The summed E-state index contributed by atoms with van der Waals surface area (Å²) in [6.45, 7) is 6.91. The summed E-state index contributed by atoms with van der Waals surface area (Å²) >= 11 is 6.22. The van der Waals surface area contributed by atoms with Crippen LogP contribution >= 0.6 is 11.6 Å². The number of rotatable bonds is 3. The van der Waals surface area contributed by atoms with E-state index >= 15 is 0 Å². The Morgan fingerprint density at radius 3 is 2.65 bits per heavy atom. The number of hydrogen-bond donors (Lipinski definition) is 1. The summed E-state index contributed by atoms with van der Waals surface area (Å²) in [6.07, 6.45) is 3.86. The lowest BCUT2D eigenvalue weighted by Crippen LogP contribution is -2.30. The zero-order valence-electron chi connectivity index (χ0n) is 11.0. The normalized spacial score (nSPS) is 24.8. The van der Waals surface area contributed by atoms with Gasteiger partial charge in [0.25, 0.3) is 0 Å². The quantitative estimate of drug-likeness (QED) is 0.830. The highest BCUT2D eigenvalue weighted by molar-refractivity contribution is 6.31. The van der Waals surface area contributed by atoms with E-state index < -0.39 is 0 Å². The lowest BCUT2D eigenvalue weighted by molar-refractivity contribution is 0.356. The van der Waals surface area contributed by atoms with Gasteiger partial charge in [-0.25, -0.2) is 0 Å². The summed E-state index contributed by atoms with van der Waals surface area (Å²) in [5, 5.41) is 4.57. The molecule has 1 nitrogen and oxygen atoms in total. The molecule has 2 atom stereocenters. The van der Waals surface area contributed by atoms with Crippen molar-refractivity contribution in [3.05, 3.63) is 34.9 Å². The summed E-state index contributed by atoms with van der Waals surface area (Å²) in [4.78, 5) is 0. The minimum atomic E-state index is 0.336. The molecule has 1 aromatic rings. The Morgan fingerprint density at radius 2 is 2.06 bits per heavy atom. The van der Waals surface area contributed by atoms with Gasteiger partial charge in [0.2, 0.25) is 0 Å². The van der Waals surface area contributed by atoms with Gasteiger partial charge in [-0.3, -0.25) is 0 Å². The summed E-state index contributed by atoms with van der Waals surface area (Å²) in [5.41, 5.74) is 1.71. The van der Waals surface area contributed by atoms with Crippen molar-refractivity contribution < 1.29 is 0 Å². The lowest BCUT2D eigenvalue weighted by Gasteiger charge is -2.22. The largest absolute Gasteiger partial charge is 0.307 e. The van der Waals surface area contributed by atoms with Gasteiger partial charge in [-0.15, -0.1) is 0 Å². The van der Waals surface area contributed by atoms with Crippen molar-refractivity contribution in [2.75, 3.05) is 0 Å². The van der Waals surface area contributed by atoms with E-state index in [4.69, 9.17) is 11.6 Å². The molecule has 2 rings (SSSR count). The first-order valence-corrected chi connectivity index (χ1v) is 6.86. The van der Waals surface area contributed by atoms with Gasteiger partial charge in [0.15, 0.2) is 0 Å². The molecule has 1 aromatic carbocycles. The van der Waals surface area contributed by atoms with Crippen LogP contribution in [0.4, 0.5) is 0 Å². The molecule has 2 heteroatoms. The van der Waals surface area contributed by atoms with Crippen LogP contribution in [0.3, 0.4) is 0 Å². The molecule has 0 aromatic heterocycles. The minimum Gasteiger partial charge on any atom is -0.307 e. The summed E-state index contributed by atoms with van der Waals surface area (Å²) in [7, 11) is 0. The number of hydrogen-bond acceptors (Lipinski definition) is 1. The fraction of sp³-hybridized carbons (Fsp3) is 0.600. The van der Waals surface area contributed by atoms with E-state index in [1.165, 1.54) is 24.8 Å². The molecule has 0 aliphatic heterocycles. The Hall–Kier alpha value is -0.530. The maximum atomic E-state index is 6.22. The van der Waals surface area contributed by atoms with Crippen molar-refractivity contribution in [1.29, 1.82) is 0 Å². The highest BCUT2D eigenvalue weighted by atomic mass is 35.5. The van der Waals surface area contributed by atoms with E-state index in [1.54, 1.807) is 0 Å². The zero-order valence-corrected chi connectivity index (χ0v) is 11.7. The van der Waals surface area contributed by atoms with Crippen LogP contribution in [-0.4, -0.2) is 6.04 Å². The molecule has 0 bridgehead atoms. The van der Waals surface area contributed by atoms with E-state index in [0.29, 0.717) is 17.5 Å². The molecule has 0 radical (unpaired) electrons. The zero-order chi connectivity index (χ0) is 12.5. The van der Waals surface area contributed by atoms with Gasteiger partial charge in [0.05, 0.1) is 0 Å². The second kappa shape index (κ2) is 4.99. The Labute approximate surface area is 110 Å². The van der Waals surface area contributed by atoms with Crippen molar-refractivity contribution in [3.63, 3.8) is 0 Å². The summed E-state index contributed by atoms with van der Waals surface area (Å²) in [6, 6.07) is 9.09. The first-order valence-electron chi connectivity index (χ1n) is 6.48. The van der Waals surface area contributed by atoms with Crippen LogP contribution in [0.15, 0.2) is 24.3 Å². The first kappa shape index (κ1) is 12.9. The maximum Gasteiger partial charge on any atom is 0.0453 e. The summed E-state index contributed by atoms with van der Waals surface area (Å²) in [5.74, 6) is 0. The first-order chi connectivity index (χ1) is 7.98. The molecule has 1 fully saturated rings. The molecule has 1 aliphatic rings. The third-order valence-electron chi connectivity index (χ3n) is 3.83. The van der Waals surface area contributed by atoms with Gasteiger partial charge in [-0.2, -0.15) is 0 Å². The topological polar surface area (TPSA) is 12.0 Å². The molecule has 1 unspecified atom stereocenters. The van der Waals surface area contributed by atoms with Crippen molar-refractivity contribution in [2.24, 2.45) is 5.41 Å². The number of nitrogens with one attached hydrogen (secondary N) is 1. The Bertz CT molecular complexity index is 386.